The third-order valence-corrected chi connectivity index (χ3v) is 4.48. The van der Waals surface area contributed by atoms with Gasteiger partial charge in [0.15, 0.2) is 0 Å². The van der Waals surface area contributed by atoms with Gasteiger partial charge in [-0.25, -0.2) is 0 Å². The first-order chi connectivity index (χ1) is 9.20. The van der Waals surface area contributed by atoms with Gasteiger partial charge in [-0.15, -0.1) is 12.4 Å². The van der Waals surface area contributed by atoms with E-state index in [2.05, 4.69) is 36.2 Å². The minimum atomic E-state index is 0. The van der Waals surface area contributed by atoms with Gasteiger partial charge < -0.3 is 5.32 Å². The summed E-state index contributed by atoms with van der Waals surface area (Å²) in [4.78, 5) is 2.59. The lowest BCUT2D eigenvalue weighted by Gasteiger charge is -2.36. The van der Waals surface area contributed by atoms with E-state index in [1.165, 1.54) is 38.0 Å². The summed E-state index contributed by atoms with van der Waals surface area (Å²) in [5.41, 5.74) is 1.37. The van der Waals surface area contributed by atoms with Crippen LogP contribution >= 0.6 is 24.0 Å². The Morgan fingerprint density at radius 3 is 2.40 bits per heavy atom. The summed E-state index contributed by atoms with van der Waals surface area (Å²) in [5, 5.41) is 4.29. The van der Waals surface area contributed by atoms with Crippen molar-refractivity contribution in [2.75, 3.05) is 26.2 Å². The van der Waals surface area contributed by atoms with Crippen LogP contribution in [0.25, 0.3) is 0 Å². The Hall–Kier alpha value is -0.280. The van der Waals surface area contributed by atoms with E-state index in [1.54, 1.807) is 0 Å². The fourth-order valence-electron chi connectivity index (χ4n) is 2.84. The summed E-state index contributed by atoms with van der Waals surface area (Å²) < 4.78 is 0. The molecule has 2 nitrogen and oxygen atoms in total. The van der Waals surface area contributed by atoms with Crippen molar-refractivity contribution in [3.63, 3.8) is 0 Å². The van der Waals surface area contributed by atoms with Gasteiger partial charge in [-0.2, -0.15) is 0 Å². The lowest BCUT2D eigenvalue weighted by molar-refractivity contribution is 0.140. The molecule has 0 aromatic heterocycles. The third kappa shape index (κ3) is 4.92. The molecule has 0 radical (unpaired) electrons. The summed E-state index contributed by atoms with van der Waals surface area (Å²) in [7, 11) is 0. The zero-order chi connectivity index (χ0) is 13.7. The van der Waals surface area contributed by atoms with Crippen LogP contribution in [-0.4, -0.2) is 31.1 Å². The molecule has 2 rings (SSSR count). The van der Waals surface area contributed by atoms with Crippen molar-refractivity contribution in [3.8, 4) is 0 Å². The number of hydrogen-bond donors (Lipinski definition) is 1. The fourth-order valence-corrected chi connectivity index (χ4v) is 2.97. The molecule has 1 saturated heterocycles. The quantitative estimate of drug-likeness (QED) is 0.878. The first-order valence-corrected chi connectivity index (χ1v) is 7.78. The van der Waals surface area contributed by atoms with E-state index >= 15 is 0 Å². The molecule has 0 spiro atoms. The zero-order valence-electron chi connectivity index (χ0n) is 12.4. The molecule has 1 aliphatic heterocycles. The van der Waals surface area contributed by atoms with Crippen LogP contribution < -0.4 is 5.32 Å². The molecule has 0 saturated carbocycles. The first-order valence-electron chi connectivity index (χ1n) is 7.41. The SMILES string of the molecule is CCNCC1CCN(C(C)c2ccc(Cl)cc2)CC1.Cl. The van der Waals surface area contributed by atoms with E-state index in [9.17, 15) is 0 Å². The highest BCUT2D eigenvalue weighted by Gasteiger charge is 2.23. The highest BCUT2D eigenvalue weighted by atomic mass is 35.5. The second-order valence-electron chi connectivity index (χ2n) is 5.51. The maximum atomic E-state index is 5.95. The van der Waals surface area contributed by atoms with E-state index in [0.717, 1.165) is 17.5 Å². The van der Waals surface area contributed by atoms with Gasteiger partial charge in [0.2, 0.25) is 0 Å². The molecule has 4 heteroatoms. The molecule has 1 unspecified atom stereocenters. The average Bonchev–Trinajstić information content (AvgIpc) is 2.46. The molecule has 1 aromatic carbocycles. The Morgan fingerprint density at radius 2 is 1.85 bits per heavy atom. The van der Waals surface area contributed by atoms with Crippen LogP contribution in [0.5, 0.6) is 0 Å². The standard InChI is InChI=1S/C16H25ClN2.ClH/c1-3-18-12-14-8-10-19(11-9-14)13(2)15-4-6-16(17)7-5-15;/h4-7,13-14,18H,3,8-12H2,1-2H3;1H. The number of nitrogens with zero attached hydrogens (tertiary/aromatic N) is 1. The molecule has 1 aromatic rings. The number of halogens is 2. The smallest absolute Gasteiger partial charge is 0.0406 e. The minimum Gasteiger partial charge on any atom is -0.317 e. The fraction of sp³-hybridized carbons (Fsp3) is 0.625. The monoisotopic (exact) mass is 316 g/mol. The normalized spacial score (nSPS) is 18.6. The topological polar surface area (TPSA) is 15.3 Å². The van der Waals surface area contributed by atoms with Gasteiger partial charge in [0.25, 0.3) is 0 Å². The number of hydrogen-bond acceptors (Lipinski definition) is 2. The molecular weight excluding hydrogens is 291 g/mol. The molecule has 1 aliphatic rings. The van der Waals surface area contributed by atoms with Crippen molar-refractivity contribution in [2.24, 2.45) is 5.92 Å². The van der Waals surface area contributed by atoms with Crippen molar-refractivity contribution < 1.29 is 0 Å². The predicted octanol–water partition coefficient (Wildman–Crippen LogP) is 4.14. The Kier molecular flexibility index (Phi) is 7.90. The van der Waals surface area contributed by atoms with Gasteiger partial charge in [0, 0.05) is 11.1 Å². The molecule has 0 aliphatic carbocycles. The minimum absolute atomic E-state index is 0. The van der Waals surface area contributed by atoms with Crippen LogP contribution in [0.3, 0.4) is 0 Å². The predicted molar refractivity (Wildman–Crippen MR) is 90.0 cm³/mol. The Labute approximate surface area is 134 Å². The van der Waals surface area contributed by atoms with Gasteiger partial charge >= 0.3 is 0 Å². The third-order valence-electron chi connectivity index (χ3n) is 4.23. The molecule has 1 atom stereocenters. The summed E-state index contributed by atoms with van der Waals surface area (Å²) in [6.45, 7) is 9.16. The van der Waals surface area contributed by atoms with Crippen LogP contribution in [0.2, 0.25) is 5.02 Å². The highest BCUT2D eigenvalue weighted by Crippen LogP contribution is 2.27. The molecule has 20 heavy (non-hydrogen) atoms. The zero-order valence-corrected chi connectivity index (χ0v) is 14.0. The van der Waals surface area contributed by atoms with Gasteiger partial charge in [-0.05, 0) is 69.6 Å². The number of rotatable bonds is 5. The van der Waals surface area contributed by atoms with Crippen LogP contribution in [0, 0.1) is 5.92 Å². The van der Waals surface area contributed by atoms with Crippen LogP contribution in [0.1, 0.15) is 38.3 Å². The van der Waals surface area contributed by atoms with Crippen molar-refractivity contribution >= 4 is 24.0 Å². The summed E-state index contributed by atoms with van der Waals surface area (Å²) >= 11 is 5.95. The molecule has 1 N–H and O–H groups in total. The highest BCUT2D eigenvalue weighted by molar-refractivity contribution is 6.30. The Bertz CT molecular complexity index is 373. The Morgan fingerprint density at radius 1 is 1.25 bits per heavy atom. The first kappa shape index (κ1) is 17.8. The molecule has 0 bridgehead atoms. The van der Waals surface area contributed by atoms with E-state index in [0.29, 0.717) is 6.04 Å². The second kappa shape index (κ2) is 8.89. The summed E-state index contributed by atoms with van der Waals surface area (Å²) in [5.74, 6) is 0.855. The molecular formula is C16H26Cl2N2. The van der Waals surface area contributed by atoms with Crippen molar-refractivity contribution in [3.05, 3.63) is 34.9 Å². The lowest BCUT2D eigenvalue weighted by Crippen LogP contribution is -2.38. The summed E-state index contributed by atoms with van der Waals surface area (Å²) in [6.07, 6.45) is 2.62. The van der Waals surface area contributed by atoms with Gasteiger partial charge in [0.1, 0.15) is 0 Å². The van der Waals surface area contributed by atoms with E-state index < -0.39 is 0 Å². The molecule has 1 heterocycles. The summed E-state index contributed by atoms with van der Waals surface area (Å²) in [6, 6.07) is 8.78. The molecule has 1 fully saturated rings. The molecule has 114 valence electrons. The van der Waals surface area contributed by atoms with Crippen molar-refractivity contribution in [1.82, 2.24) is 10.2 Å². The van der Waals surface area contributed by atoms with E-state index in [-0.39, 0.29) is 12.4 Å². The van der Waals surface area contributed by atoms with Crippen molar-refractivity contribution in [1.29, 1.82) is 0 Å². The maximum Gasteiger partial charge on any atom is 0.0406 e. The second-order valence-corrected chi connectivity index (χ2v) is 5.95. The largest absolute Gasteiger partial charge is 0.317 e. The van der Waals surface area contributed by atoms with Crippen LogP contribution in [0.15, 0.2) is 24.3 Å². The van der Waals surface area contributed by atoms with E-state index in [1.807, 2.05) is 12.1 Å². The van der Waals surface area contributed by atoms with Crippen molar-refractivity contribution in [2.45, 2.75) is 32.7 Å². The van der Waals surface area contributed by atoms with Gasteiger partial charge in [-0.1, -0.05) is 30.7 Å². The van der Waals surface area contributed by atoms with Crippen LogP contribution in [0.4, 0.5) is 0 Å². The average molecular weight is 317 g/mol. The van der Waals surface area contributed by atoms with Gasteiger partial charge in [-0.3, -0.25) is 4.90 Å². The number of benzene rings is 1. The number of nitrogens with one attached hydrogen (secondary N) is 1. The maximum absolute atomic E-state index is 5.95. The number of likely N-dealkylation sites (tertiary alicyclic amines) is 1. The molecule has 0 amide bonds. The van der Waals surface area contributed by atoms with E-state index in [4.69, 9.17) is 11.6 Å². The lowest BCUT2D eigenvalue weighted by atomic mass is 9.94. The Balaban J connectivity index is 0.00000200. The number of piperidine rings is 1. The van der Waals surface area contributed by atoms with Crippen LogP contribution in [-0.2, 0) is 0 Å². The van der Waals surface area contributed by atoms with Gasteiger partial charge in [0.05, 0.1) is 0 Å².